The van der Waals surface area contributed by atoms with Gasteiger partial charge in [0.05, 0.1) is 6.61 Å². The summed E-state index contributed by atoms with van der Waals surface area (Å²) in [5, 5.41) is 3.21. The highest BCUT2D eigenvalue weighted by Gasteiger charge is 2.15. The van der Waals surface area contributed by atoms with Gasteiger partial charge in [0.25, 0.3) is 0 Å². The van der Waals surface area contributed by atoms with Gasteiger partial charge in [-0.25, -0.2) is 14.8 Å². The normalized spacial score (nSPS) is 11.8. The number of nitrogens with one attached hydrogen (secondary N) is 1. The average molecular weight is 307 g/mol. The van der Waals surface area contributed by atoms with Crippen molar-refractivity contribution in [2.75, 3.05) is 11.9 Å². The molecule has 0 saturated carbocycles. The Morgan fingerprint density at radius 3 is 2.90 bits per heavy atom. The van der Waals surface area contributed by atoms with Crippen molar-refractivity contribution in [1.29, 1.82) is 0 Å². The molecule has 0 aliphatic heterocycles. The van der Waals surface area contributed by atoms with Crippen molar-refractivity contribution in [2.45, 2.75) is 19.9 Å². The molecule has 21 heavy (non-hydrogen) atoms. The second kappa shape index (κ2) is 6.99. The third-order valence-electron chi connectivity index (χ3n) is 2.59. The van der Waals surface area contributed by atoms with Crippen LogP contribution in [0.5, 0.6) is 0 Å². The van der Waals surface area contributed by atoms with Gasteiger partial charge in [-0.15, -0.1) is 0 Å². The third kappa shape index (κ3) is 4.13. The molecule has 2 aromatic rings. The van der Waals surface area contributed by atoms with Crippen LogP contribution in [0, 0.1) is 0 Å². The van der Waals surface area contributed by atoms with Crippen molar-refractivity contribution in [3.63, 3.8) is 0 Å². The number of pyridine rings is 1. The smallest absolute Gasteiger partial charge is 0.328 e. The Kier molecular flexibility index (Phi) is 5.05. The molecule has 2 aromatic heterocycles. The Labute approximate surface area is 127 Å². The van der Waals surface area contributed by atoms with Crippen LogP contribution in [0.15, 0.2) is 30.5 Å². The van der Waals surface area contributed by atoms with E-state index in [0.717, 1.165) is 0 Å². The minimum Gasteiger partial charge on any atom is -0.464 e. The van der Waals surface area contributed by atoms with Gasteiger partial charge in [0, 0.05) is 12.3 Å². The predicted molar refractivity (Wildman–Crippen MR) is 80.0 cm³/mol. The molecular formula is C14H15ClN4O2. The van der Waals surface area contributed by atoms with Gasteiger partial charge < -0.3 is 10.1 Å². The number of nitrogens with zero attached hydrogens (tertiary/aromatic N) is 3. The Balaban J connectivity index is 2.22. The summed E-state index contributed by atoms with van der Waals surface area (Å²) >= 11 is 5.99. The van der Waals surface area contributed by atoms with Crippen molar-refractivity contribution in [3.8, 4) is 11.5 Å². The minimum absolute atomic E-state index is 0.268. The van der Waals surface area contributed by atoms with Crippen molar-refractivity contribution < 1.29 is 9.53 Å². The number of ether oxygens (including phenoxy) is 1. The number of hydrogen-bond acceptors (Lipinski definition) is 6. The quantitative estimate of drug-likeness (QED) is 0.676. The lowest BCUT2D eigenvalue weighted by molar-refractivity contribution is -0.143. The summed E-state index contributed by atoms with van der Waals surface area (Å²) in [7, 11) is 0. The van der Waals surface area contributed by atoms with Crippen LogP contribution >= 0.6 is 11.6 Å². The molecule has 6 nitrogen and oxygen atoms in total. The first-order chi connectivity index (χ1) is 10.1. The van der Waals surface area contributed by atoms with E-state index in [-0.39, 0.29) is 11.1 Å². The van der Waals surface area contributed by atoms with E-state index in [1.807, 2.05) is 6.07 Å². The summed E-state index contributed by atoms with van der Waals surface area (Å²) in [5.74, 6) is 0.476. The number of rotatable bonds is 5. The molecule has 2 rings (SSSR count). The molecule has 0 saturated heterocycles. The molecule has 0 bridgehead atoms. The van der Waals surface area contributed by atoms with Crippen LogP contribution in [-0.2, 0) is 9.53 Å². The van der Waals surface area contributed by atoms with Crippen molar-refractivity contribution in [1.82, 2.24) is 15.0 Å². The topological polar surface area (TPSA) is 77.0 Å². The van der Waals surface area contributed by atoms with E-state index < -0.39 is 6.04 Å². The number of carbonyl (C=O) groups is 1. The highest BCUT2D eigenvalue weighted by molar-refractivity contribution is 6.29. The SMILES string of the molecule is CCOC(=O)C(C)Nc1cc(Cl)nc(-c2ccccn2)n1. The van der Waals surface area contributed by atoms with E-state index in [9.17, 15) is 4.79 Å². The largest absolute Gasteiger partial charge is 0.464 e. The number of halogens is 1. The summed E-state index contributed by atoms with van der Waals surface area (Å²) in [6.45, 7) is 3.77. The number of carbonyl (C=O) groups excluding carboxylic acids is 1. The predicted octanol–water partition coefficient (Wildman–Crippen LogP) is 2.56. The molecule has 1 atom stereocenters. The molecule has 110 valence electrons. The fourth-order valence-electron chi connectivity index (χ4n) is 1.65. The summed E-state index contributed by atoms with van der Waals surface area (Å²) < 4.78 is 4.93. The van der Waals surface area contributed by atoms with Crippen molar-refractivity contribution in [2.24, 2.45) is 0 Å². The average Bonchev–Trinajstić information content (AvgIpc) is 2.47. The van der Waals surface area contributed by atoms with E-state index in [1.165, 1.54) is 0 Å². The first-order valence-electron chi connectivity index (χ1n) is 6.49. The van der Waals surface area contributed by atoms with E-state index >= 15 is 0 Å². The van der Waals surface area contributed by atoms with Gasteiger partial charge in [0.1, 0.15) is 22.7 Å². The molecule has 0 amide bonds. The molecule has 0 radical (unpaired) electrons. The molecule has 1 unspecified atom stereocenters. The molecule has 0 aliphatic rings. The second-order valence-corrected chi connectivity index (χ2v) is 4.62. The highest BCUT2D eigenvalue weighted by atomic mass is 35.5. The molecule has 0 aliphatic carbocycles. The van der Waals surface area contributed by atoms with Gasteiger partial charge in [-0.05, 0) is 26.0 Å². The van der Waals surface area contributed by atoms with Crippen LogP contribution in [0.2, 0.25) is 5.15 Å². The van der Waals surface area contributed by atoms with Gasteiger partial charge in [-0.3, -0.25) is 4.98 Å². The van der Waals surface area contributed by atoms with Gasteiger partial charge in [0.15, 0.2) is 5.82 Å². The van der Waals surface area contributed by atoms with Gasteiger partial charge in [-0.2, -0.15) is 0 Å². The third-order valence-corrected chi connectivity index (χ3v) is 2.79. The van der Waals surface area contributed by atoms with Crippen molar-refractivity contribution >= 4 is 23.4 Å². The highest BCUT2D eigenvalue weighted by Crippen LogP contribution is 2.19. The van der Waals surface area contributed by atoms with Crippen LogP contribution in [0.1, 0.15) is 13.8 Å². The number of aromatic nitrogens is 3. The molecular weight excluding hydrogens is 292 g/mol. The number of esters is 1. The second-order valence-electron chi connectivity index (χ2n) is 4.23. The summed E-state index contributed by atoms with van der Waals surface area (Å²) in [4.78, 5) is 24.2. The Morgan fingerprint density at radius 1 is 1.43 bits per heavy atom. The lowest BCUT2D eigenvalue weighted by Gasteiger charge is -2.13. The molecule has 0 aromatic carbocycles. The summed E-state index contributed by atoms with van der Waals surface area (Å²) in [5.41, 5.74) is 0.604. The van der Waals surface area contributed by atoms with Gasteiger partial charge in [-0.1, -0.05) is 17.7 Å². The fourth-order valence-corrected chi connectivity index (χ4v) is 1.83. The summed E-state index contributed by atoms with van der Waals surface area (Å²) in [6, 6.07) is 6.43. The zero-order valence-corrected chi connectivity index (χ0v) is 12.5. The Hall–Kier alpha value is -2.21. The molecule has 7 heteroatoms. The molecule has 0 spiro atoms. The van der Waals surface area contributed by atoms with E-state index in [0.29, 0.717) is 23.9 Å². The maximum atomic E-state index is 11.6. The van der Waals surface area contributed by atoms with Crippen LogP contribution < -0.4 is 5.32 Å². The Morgan fingerprint density at radius 2 is 2.24 bits per heavy atom. The van der Waals surface area contributed by atoms with Gasteiger partial charge >= 0.3 is 5.97 Å². The standard InChI is InChI=1S/C14H15ClN4O2/c1-3-21-14(20)9(2)17-12-8-11(15)18-13(19-12)10-6-4-5-7-16-10/h4-9H,3H2,1-2H3,(H,17,18,19). The van der Waals surface area contributed by atoms with Crippen LogP contribution in [0.25, 0.3) is 11.5 Å². The lowest BCUT2D eigenvalue weighted by atomic mass is 10.3. The van der Waals surface area contributed by atoms with Crippen LogP contribution in [-0.4, -0.2) is 33.6 Å². The van der Waals surface area contributed by atoms with E-state index in [2.05, 4.69) is 20.3 Å². The molecule has 1 N–H and O–H groups in total. The zero-order valence-electron chi connectivity index (χ0n) is 11.7. The van der Waals surface area contributed by atoms with Gasteiger partial charge in [0.2, 0.25) is 0 Å². The zero-order chi connectivity index (χ0) is 15.2. The number of hydrogen-bond donors (Lipinski definition) is 1. The summed E-state index contributed by atoms with van der Waals surface area (Å²) in [6.07, 6.45) is 1.65. The lowest BCUT2D eigenvalue weighted by Crippen LogP contribution is -2.28. The fraction of sp³-hybridized carbons (Fsp3) is 0.286. The molecule has 2 heterocycles. The maximum absolute atomic E-state index is 11.6. The monoisotopic (exact) mass is 306 g/mol. The molecule has 0 fully saturated rings. The van der Waals surface area contributed by atoms with E-state index in [4.69, 9.17) is 16.3 Å². The van der Waals surface area contributed by atoms with Crippen molar-refractivity contribution in [3.05, 3.63) is 35.6 Å². The first-order valence-corrected chi connectivity index (χ1v) is 6.87. The first kappa shape index (κ1) is 15.2. The Bertz CT molecular complexity index is 622. The van der Waals surface area contributed by atoms with Crippen LogP contribution in [0.3, 0.4) is 0 Å². The maximum Gasteiger partial charge on any atom is 0.328 e. The minimum atomic E-state index is -0.535. The van der Waals surface area contributed by atoms with Crippen LogP contribution in [0.4, 0.5) is 5.82 Å². The number of anilines is 1. The van der Waals surface area contributed by atoms with E-state index in [1.54, 1.807) is 38.2 Å².